The molecule has 4 rings (SSSR count). The van der Waals surface area contributed by atoms with E-state index in [0.29, 0.717) is 44.2 Å². The van der Waals surface area contributed by atoms with Crippen molar-refractivity contribution in [1.29, 1.82) is 0 Å². The number of nitrogens with zero attached hydrogens (tertiary/aromatic N) is 3. The molecule has 3 N–H and O–H groups in total. The molecule has 40 heavy (non-hydrogen) atoms. The molecule has 1 aliphatic heterocycles. The van der Waals surface area contributed by atoms with Crippen LogP contribution in [0, 0.1) is 6.42 Å². The normalized spacial score (nSPS) is 14.2. The first kappa shape index (κ1) is 29.1. The number of para-hydroxylation sites is 1. The summed E-state index contributed by atoms with van der Waals surface area (Å²) >= 11 is 5.95. The summed E-state index contributed by atoms with van der Waals surface area (Å²) in [6.45, 7) is 4.43. The minimum atomic E-state index is -0.640. The van der Waals surface area contributed by atoms with Crippen LogP contribution in [0.25, 0.3) is 0 Å². The molecule has 0 aliphatic carbocycles. The van der Waals surface area contributed by atoms with Crippen LogP contribution in [0.1, 0.15) is 29.7 Å². The number of carbonyl (C=O) groups excluding carboxylic acids is 3. The zero-order valence-corrected chi connectivity index (χ0v) is 23.6. The molecule has 9 heteroatoms. The van der Waals surface area contributed by atoms with Crippen LogP contribution >= 0.6 is 11.6 Å². The number of nitrogens with two attached hydrogens (primary N) is 1. The van der Waals surface area contributed by atoms with Gasteiger partial charge in [0.2, 0.25) is 17.7 Å². The van der Waals surface area contributed by atoms with Crippen LogP contribution in [-0.2, 0) is 27.3 Å². The fourth-order valence-corrected chi connectivity index (χ4v) is 5.14. The van der Waals surface area contributed by atoms with Gasteiger partial charge in [-0.05, 0) is 54.9 Å². The molecular weight excluding hydrogens is 526 g/mol. The number of carbonyl (C=O) groups is 3. The first-order chi connectivity index (χ1) is 19.2. The summed E-state index contributed by atoms with van der Waals surface area (Å²) in [6.07, 6.45) is 2.27. The first-order valence-corrected chi connectivity index (χ1v) is 13.7. The highest BCUT2D eigenvalue weighted by atomic mass is 35.5. The third kappa shape index (κ3) is 7.61. The van der Waals surface area contributed by atoms with Gasteiger partial charge < -0.3 is 20.9 Å². The van der Waals surface area contributed by atoms with Gasteiger partial charge >= 0.3 is 0 Å². The fourth-order valence-electron chi connectivity index (χ4n) is 5.01. The third-order valence-corrected chi connectivity index (χ3v) is 7.26. The predicted molar refractivity (Wildman–Crippen MR) is 159 cm³/mol. The van der Waals surface area contributed by atoms with Gasteiger partial charge in [-0.1, -0.05) is 54.1 Å². The van der Waals surface area contributed by atoms with Crippen LogP contribution in [-0.4, -0.2) is 60.7 Å². The second-order valence-corrected chi connectivity index (χ2v) is 10.4. The number of halogens is 1. The number of anilines is 2. The minimum Gasteiger partial charge on any atom is -0.368 e. The summed E-state index contributed by atoms with van der Waals surface area (Å²) in [5.41, 5.74) is 10.5. The average Bonchev–Trinajstić information content (AvgIpc) is 2.94. The lowest BCUT2D eigenvalue weighted by molar-refractivity contribution is -0.128. The Labute approximate surface area is 240 Å². The van der Waals surface area contributed by atoms with Crippen LogP contribution in [0.4, 0.5) is 11.4 Å². The predicted octanol–water partition coefficient (Wildman–Crippen LogP) is 4.05. The molecule has 1 fully saturated rings. The maximum Gasteiger partial charge on any atom is 0.239 e. The third-order valence-electron chi connectivity index (χ3n) is 7.01. The molecule has 3 amide bonds. The molecule has 8 nitrogen and oxygen atoms in total. The minimum absolute atomic E-state index is 0.0159. The van der Waals surface area contributed by atoms with Gasteiger partial charge in [0, 0.05) is 61.6 Å². The maximum absolute atomic E-state index is 12.8. The van der Waals surface area contributed by atoms with Crippen molar-refractivity contribution in [2.24, 2.45) is 5.73 Å². The number of hydrogen-bond acceptors (Lipinski definition) is 5. The van der Waals surface area contributed by atoms with Crippen molar-refractivity contribution in [3.63, 3.8) is 0 Å². The van der Waals surface area contributed by atoms with E-state index >= 15 is 0 Å². The van der Waals surface area contributed by atoms with Gasteiger partial charge in [0.15, 0.2) is 0 Å². The molecule has 209 valence electrons. The number of hydrogen-bond donors (Lipinski definition) is 2. The topological polar surface area (TPSA) is 99.0 Å². The summed E-state index contributed by atoms with van der Waals surface area (Å²) < 4.78 is 0. The van der Waals surface area contributed by atoms with Crippen LogP contribution < -0.4 is 16.0 Å². The van der Waals surface area contributed by atoms with Gasteiger partial charge in [-0.3, -0.25) is 19.3 Å². The van der Waals surface area contributed by atoms with Gasteiger partial charge in [0.1, 0.15) is 6.04 Å². The van der Waals surface area contributed by atoms with Crippen LogP contribution in [0.2, 0.25) is 5.02 Å². The van der Waals surface area contributed by atoms with Crippen molar-refractivity contribution < 1.29 is 14.4 Å². The van der Waals surface area contributed by atoms with Crippen molar-refractivity contribution in [2.75, 3.05) is 43.4 Å². The summed E-state index contributed by atoms with van der Waals surface area (Å²) in [4.78, 5) is 42.9. The van der Waals surface area contributed by atoms with Crippen molar-refractivity contribution >= 4 is 40.7 Å². The summed E-state index contributed by atoms with van der Waals surface area (Å²) in [6, 6.07) is 22.2. The van der Waals surface area contributed by atoms with E-state index in [2.05, 4.69) is 10.2 Å². The summed E-state index contributed by atoms with van der Waals surface area (Å²) in [5, 5.41) is 3.43. The van der Waals surface area contributed by atoms with Crippen molar-refractivity contribution in [1.82, 2.24) is 9.80 Å². The molecule has 1 atom stereocenters. The monoisotopic (exact) mass is 560 g/mol. The van der Waals surface area contributed by atoms with Gasteiger partial charge in [0.05, 0.1) is 6.42 Å². The lowest BCUT2D eigenvalue weighted by Crippen LogP contribution is -2.49. The Morgan fingerprint density at radius 1 is 0.950 bits per heavy atom. The van der Waals surface area contributed by atoms with Gasteiger partial charge in [-0.25, -0.2) is 0 Å². The van der Waals surface area contributed by atoms with Crippen LogP contribution in [0.5, 0.6) is 0 Å². The first-order valence-electron chi connectivity index (χ1n) is 13.3. The fraction of sp³-hybridized carbons (Fsp3) is 0.290. The van der Waals surface area contributed by atoms with E-state index in [9.17, 15) is 14.4 Å². The van der Waals surface area contributed by atoms with E-state index in [1.807, 2.05) is 89.6 Å². The van der Waals surface area contributed by atoms with E-state index < -0.39 is 11.9 Å². The molecule has 1 radical (unpaired) electrons. The second-order valence-electron chi connectivity index (χ2n) is 10.0. The number of piperazine rings is 1. The number of nitrogens with one attached hydrogen (secondary N) is 1. The zero-order valence-electron chi connectivity index (χ0n) is 22.8. The number of benzene rings is 3. The largest absolute Gasteiger partial charge is 0.368 e. The van der Waals surface area contributed by atoms with Crippen LogP contribution in [0.3, 0.4) is 0 Å². The van der Waals surface area contributed by atoms with E-state index in [4.69, 9.17) is 17.3 Å². The molecular formula is C31H35ClN5O3. The molecule has 0 bridgehead atoms. The highest BCUT2D eigenvalue weighted by molar-refractivity contribution is 6.30. The molecule has 1 unspecified atom stereocenters. The number of rotatable bonds is 10. The van der Waals surface area contributed by atoms with E-state index in [0.717, 1.165) is 28.1 Å². The Balaban J connectivity index is 1.40. The van der Waals surface area contributed by atoms with E-state index in [1.54, 1.807) is 6.42 Å². The Hall–Kier alpha value is -3.88. The number of amides is 3. The lowest BCUT2D eigenvalue weighted by Gasteiger charge is -2.38. The van der Waals surface area contributed by atoms with Gasteiger partial charge in [-0.2, -0.15) is 0 Å². The smallest absolute Gasteiger partial charge is 0.239 e. The molecule has 1 saturated heterocycles. The Morgan fingerprint density at radius 3 is 2.20 bits per heavy atom. The van der Waals surface area contributed by atoms with Crippen molar-refractivity contribution in [2.45, 2.75) is 25.9 Å². The standard InChI is InChI=1S/C31H35ClN5O3/c1-22(38)34-26-14-9-24(10-15-26)21-35(2)30(31(33)40)27-5-3-4-6-28(27)36-17-19-37(20-18-36)29(39)16-11-23-7-12-25(32)13-8-23/h3-10,12-16,30H,11,17-21H2,1-2H3,(H2,33,40)(H,34,38). The Morgan fingerprint density at radius 2 is 1.57 bits per heavy atom. The quantitative estimate of drug-likeness (QED) is 0.390. The molecule has 0 saturated carbocycles. The van der Waals surface area contributed by atoms with Crippen molar-refractivity contribution in [3.8, 4) is 0 Å². The Kier molecular flexibility index (Phi) is 9.79. The van der Waals surface area contributed by atoms with E-state index in [-0.39, 0.29) is 11.8 Å². The number of primary amides is 1. The van der Waals surface area contributed by atoms with E-state index in [1.165, 1.54) is 6.92 Å². The number of likely N-dealkylation sites (N-methyl/N-ethyl adjacent to an activating group) is 1. The second kappa shape index (κ2) is 13.5. The highest BCUT2D eigenvalue weighted by Crippen LogP contribution is 2.31. The molecule has 0 aromatic heterocycles. The summed E-state index contributed by atoms with van der Waals surface area (Å²) in [5.74, 6) is -0.547. The molecule has 3 aromatic carbocycles. The molecule has 1 heterocycles. The summed E-state index contributed by atoms with van der Waals surface area (Å²) in [7, 11) is 1.88. The Bertz CT molecular complexity index is 1320. The average molecular weight is 561 g/mol. The van der Waals surface area contributed by atoms with Crippen LogP contribution in [0.15, 0.2) is 72.8 Å². The van der Waals surface area contributed by atoms with Gasteiger partial charge in [0.25, 0.3) is 0 Å². The molecule has 1 aliphatic rings. The highest BCUT2D eigenvalue weighted by Gasteiger charge is 2.29. The van der Waals surface area contributed by atoms with Gasteiger partial charge in [-0.15, -0.1) is 0 Å². The zero-order chi connectivity index (χ0) is 28.6. The maximum atomic E-state index is 12.8. The molecule has 3 aromatic rings. The lowest BCUT2D eigenvalue weighted by atomic mass is 10.0. The molecule has 0 spiro atoms. The SMILES string of the molecule is CC(=O)Nc1ccc(CN(C)C(C(N)=O)c2ccccc2N2CCN(C(=O)[CH]Cc3ccc(Cl)cc3)CC2)cc1. The van der Waals surface area contributed by atoms with Crippen molar-refractivity contribution in [3.05, 3.63) is 101 Å².